The van der Waals surface area contributed by atoms with E-state index in [2.05, 4.69) is 22.8 Å². The van der Waals surface area contributed by atoms with E-state index in [1.54, 1.807) is 13.8 Å². The van der Waals surface area contributed by atoms with Gasteiger partial charge < -0.3 is 19.1 Å². The summed E-state index contributed by atoms with van der Waals surface area (Å²) >= 11 is 0. The summed E-state index contributed by atoms with van der Waals surface area (Å²) in [7, 11) is 2.02. The molecule has 142 valence electrons. The molecule has 1 unspecified atom stereocenters. The van der Waals surface area contributed by atoms with Crippen LogP contribution >= 0.6 is 0 Å². The lowest BCUT2D eigenvalue weighted by Crippen LogP contribution is -2.26. The molecule has 0 aliphatic rings. The first-order valence-corrected chi connectivity index (χ1v) is 9.08. The summed E-state index contributed by atoms with van der Waals surface area (Å²) in [6, 6.07) is 18.2. The van der Waals surface area contributed by atoms with E-state index in [0.717, 1.165) is 22.2 Å². The molecule has 1 heterocycles. The predicted octanol–water partition coefficient (Wildman–Crippen LogP) is 3.78. The second-order valence-corrected chi connectivity index (χ2v) is 6.92. The third kappa shape index (κ3) is 4.49. The molecule has 0 aliphatic carbocycles. The smallest absolute Gasteiger partial charge is 0.308 e. The van der Waals surface area contributed by atoms with Crippen molar-refractivity contribution in [1.82, 2.24) is 4.57 Å². The minimum Gasteiger partial charge on any atom is -0.491 e. The van der Waals surface area contributed by atoms with Gasteiger partial charge in [0.2, 0.25) is 0 Å². The fourth-order valence-corrected chi connectivity index (χ4v) is 2.87. The second kappa shape index (κ2) is 8.27. The molecule has 1 N–H and O–H groups in total. The van der Waals surface area contributed by atoms with E-state index in [1.165, 1.54) is 0 Å². The molecule has 0 bridgehead atoms. The van der Waals surface area contributed by atoms with E-state index in [0.29, 0.717) is 5.75 Å². The Labute approximate surface area is 159 Å². The van der Waals surface area contributed by atoms with Crippen LogP contribution in [0.1, 0.15) is 13.8 Å². The lowest BCUT2D eigenvalue weighted by Gasteiger charge is -2.14. The van der Waals surface area contributed by atoms with Crippen LogP contribution < -0.4 is 4.74 Å². The van der Waals surface area contributed by atoms with Gasteiger partial charge in [0.15, 0.2) is 0 Å². The zero-order valence-corrected chi connectivity index (χ0v) is 15.9. The SMILES string of the molecule is CC(C)C(=O)OCC(O)COc1ccc2cc(-c3ccccc3)n(C)c2c1. The molecular weight excluding hydrogens is 342 g/mol. The Morgan fingerprint density at radius 3 is 2.52 bits per heavy atom. The molecule has 0 radical (unpaired) electrons. The van der Waals surface area contributed by atoms with E-state index in [1.807, 2.05) is 43.4 Å². The van der Waals surface area contributed by atoms with Crippen molar-refractivity contribution < 1.29 is 19.4 Å². The number of aliphatic hydroxyl groups excluding tert-OH is 1. The fourth-order valence-electron chi connectivity index (χ4n) is 2.87. The molecule has 0 aliphatic heterocycles. The van der Waals surface area contributed by atoms with Gasteiger partial charge in [0.1, 0.15) is 25.1 Å². The first-order valence-electron chi connectivity index (χ1n) is 9.08. The molecule has 0 amide bonds. The lowest BCUT2D eigenvalue weighted by atomic mass is 10.1. The maximum absolute atomic E-state index is 11.4. The molecule has 0 spiro atoms. The second-order valence-electron chi connectivity index (χ2n) is 6.92. The fraction of sp³-hybridized carbons (Fsp3) is 0.318. The molecule has 5 heteroatoms. The summed E-state index contributed by atoms with van der Waals surface area (Å²) in [6.07, 6.45) is -0.864. The normalized spacial score (nSPS) is 12.3. The monoisotopic (exact) mass is 367 g/mol. The molecular formula is C22H25NO4. The van der Waals surface area contributed by atoms with Crippen LogP contribution in [0.25, 0.3) is 22.2 Å². The van der Waals surface area contributed by atoms with Gasteiger partial charge in [-0.3, -0.25) is 4.79 Å². The van der Waals surface area contributed by atoms with Crippen molar-refractivity contribution in [1.29, 1.82) is 0 Å². The molecule has 5 nitrogen and oxygen atoms in total. The molecule has 0 saturated heterocycles. The Kier molecular flexibility index (Phi) is 5.81. The average Bonchev–Trinajstić information content (AvgIpc) is 3.01. The highest BCUT2D eigenvalue weighted by Gasteiger charge is 2.13. The maximum Gasteiger partial charge on any atom is 0.308 e. The highest BCUT2D eigenvalue weighted by molar-refractivity contribution is 5.88. The van der Waals surface area contributed by atoms with E-state index in [9.17, 15) is 9.90 Å². The molecule has 0 fully saturated rings. The molecule has 1 atom stereocenters. The lowest BCUT2D eigenvalue weighted by molar-refractivity contribution is -0.150. The van der Waals surface area contributed by atoms with Crippen LogP contribution in [0, 0.1) is 5.92 Å². The third-order valence-corrected chi connectivity index (χ3v) is 4.42. The zero-order chi connectivity index (χ0) is 19.4. The Balaban J connectivity index is 1.68. The minimum atomic E-state index is -0.864. The highest BCUT2D eigenvalue weighted by Crippen LogP contribution is 2.29. The summed E-state index contributed by atoms with van der Waals surface area (Å²) in [4.78, 5) is 11.4. The van der Waals surface area contributed by atoms with Crippen molar-refractivity contribution in [3.63, 3.8) is 0 Å². The first-order chi connectivity index (χ1) is 13.0. The number of fused-ring (bicyclic) bond motifs is 1. The van der Waals surface area contributed by atoms with E-state index < -0.39 is 6.10 Å². The van der Waals surface area contributed by atoms with Gasteiger partial charge in [-0.15, -0.1) is 0 Å². The standard InChI is InChI=1S/C22H25NO4/c1-15(2)22(25)27-14-18(24)13-26-19-10-9-17-11-20(23(3)21(17)12-19)16-7-5-4-6-8-16/h4-12,15,18,24H,13-14H2,1-3H3. The van der Waals surface area contributed by atoms with Crippen molar-refractivity contribution in [2.75, 3.05) is 13.2 Å². The number of hydrogen-bond donors (Lipinski definition) is 1. The van der Waals surface area contributed by atoms with Crippen LogP contribution in [0.4, 0.5) is 0 Å². The predicted molar refractivity (Wildman–Crippen MR) is 106 cm³/mol. The Bertz CT molecular complexity index is 915. The summed E-state index contributed by atoms with van der Waals surface area (Å²) in [5.41, 5.74) is 3.33. The van der Waals surface area contributed by atoms with Crippen molar-refractivity contribution in [3.05, 3.63) is 54.6 Å². The zero-order valence-electron chi connectivity index (χ0n) is 15.9. The van der Waals surface area contributed by atoms with Gasteiger partial charge in [0, 0.05) is 24.2 Å². The van der Waals surface area contributed by atoms with Crippen LogP contribution in [-0.2, 0) is 16.6 Å². The van der Waals surface area contributed by atoms with Gasteiger partial charge in [-0.1, -0.05) is 44.2 Å². The summed E-state index contributed by atoms with van der Waals surface area (Å²) in [5.74, 6) is 0.127. The van der Waals surface area contributed by atoms with Gasteiger partial charge in [0.25, 0.3) is 0 Å². The number of esters is 1. The van der Waals surface area contributed by atoms with Gasteiger partial charge in [-0.2, -0.15) is 0 Å². The molecule has 1 aromatic heterocycles. The molecule has 2 aromatic carbocycles. The van der Waals surface area contributed by atoms with Crippen LogP contribution in [0.15, 0.2) is 54.6 Å². The number of benzene rings is 2. The Morgan fingerprint density at radius 1 is 1.07 bits per heavy atom. The summed E-state index contributed by atoms with van der Waals surface area (Å²) in [5, 5.41) is 11.1. The third-order valence-electron chi connectivity index (χ3n) is 4.42. The average molecular weight is 367 g/mol. The van der Waals surface area contributed by atoms with Gasteiger partial charge in [-0.05, 0) is 23.8 Å². The number of carbonyl (C=O) groups excluding carboxylic acids is 1. The maximum atomic E-state index is 11.4. The van der Waals surface area contributed by atoms with Crippen LogP contribution in [0.5, 0.6) is 5.75 Å². The number of rotatable bonds is 7. The number of hydrogen-bond acceptors (Lipinski definition) is 4. The molecule has 3 aromatic rings. The van der Waals surface area contributed by atoms with Crippen molar-refractivity contribution in [2.24, 2.45) is 13.0 Å². The van der Waals surface area contributed by atoms with E-state index in [-0.39, 0.29) is 25.1 Å². The van der Waals surface area contributed by atoms with E-state index in [4.69, 9.17) is 9.47 Å². The van der Waals surface area contributed by atoms with Crippen LogP contribution in [0.3, 0.4) is 0 Å². The highest BCUT2D eigenvalue weighted by atomic mass is 16.5. The van der Waals surface area contributed by atoms with Crippen LogP contribution in [-0.4, -0.2) is 35.0 Å². The number of aromatic nitrogens is 1. The van der Waals surface area contributed by atoms with E-state index >= 15 is 0 Å². The van der Waals surface area contributed by atoms with Gasteiger partial charge >= 0.3 is 5.97 Å². The van der Waals surface area contributed by atoms with Crippen molar-refractivity contribution in [2.45, 2.75) is 20.0 Å². The number of ether oxygens (including phenoxy) is 2. The summed E-state index contributed by atoms with van der Waals surface area (Å²) < 4.78 is 12.8. The quantitative estimate of drug-likeness (QED) is 0.646. The van der Waals surface area contributed by atoms with Crippen molar-refractivity contribution >= 4 is 16.9 Å². The topological polar surface area (TPSA) is 60.7 Å². The Morgan fingerprint density at radius 2 is 1.81 bits per heavy atom. The number of aliphatic hydroxyl groups is 1. The first kappa shape index (κ1) is 19.0. The summed E-state index contributed by atoms with van der Waals surface area (Å²) in [6.45, 7) is 3.50. The van der Waals surface area contributed by atoms with Gasteiger partial charge in [0.05, 0.1) is 11.4 Å². The van der Waals surface area contributed by atoms with Gasteiger partial charge in [-0.25, -0.2) is 0 Å². The minimum absolute atomic E-state index is 0.0623. The molecule has 0 saturated carbocycles. The molecule has 3 rings (SSSR count). The molecule has 27 heavy (non-hydrogen) atoms. The van der Waals surface area contributed by atoms with Crippen LogP contribution in [0.2, 0.25) is 0 Å². The van der Waals surface area contributed by atoms with Crippen molar-refractivity contribution in [3.8, 4) is 17.0 Å². The Hall–Kier alpha value is -2.79. The number of carbonyl (C=O) groups is 1. The largest absolute Gasteiger partial charge is 0.491 e. The number of nitrogens with zero attached hydrogens (tertiary/aromatic N) is 1. The number of aryl methyl sites for hydroxylation is 1.